The molecule has 0 saturated carbocycles. The number of nitrogens with zero attached hydrogens (tertiary/aromatic N) is 1. The Morgan fingerprint density at radius 1 is 1.07 bits per heavy atom. The fraction of sp³-hybridized carbons (Fsp3) is 0.250. The normalized spacial score (nSPS) is 14.5. The second-order valence-electron chi connectivity index (χ2n) is 7.48. The molecule has 2 aromatic carbocycles. The van der Waals surface area contributed by atoms with Crippen LogP contribution >= 0.6 is 0 Å². The molecular formula is C24H24N2O4. The van der Waals surface area contributed by atoms with Gasteiger partial charge in [-0.1, -0.05) is 48.5 Å². The maximum Gasteiger partial charge on any atom is 0.407 e. The van der Waals surface area contributed by atoms with Crippen molar-refractivity contribution in [3.8, 4) is 11.1 Å². The van der Waals surface area contributed by atoms with E-state index in [1.165, 1.54) is 0 Å². The van der Waals surface area contributed by atoms with Crippen LogP contribution in [0, 0.1) is 6.92 Å². The number of alkyl carbamates (subject to hydrolysis) is 1. The Labute approximate surface area is 175 Å². The number of aliphatic hydroxyl groups is 2. The van der Waals surface area contributed by atoms with Gasteiger partial charge in [-0.3, -0.25) is 4.98 Å². The van der Waals surface area contributed by atoms with Gasteiger partial charge < -0.3 is 20.3 Å². The number of benzene rings is 2. The van der Waals surface area contributed by atoms with Gasteiger partial charge in [-0.05, 0) is 46.9 Å². The van der Waals surface area contributed by atoms with Gasteiger partial charge in [-0.25, -0.2) is 4.79 Å². The molecule has 30 heavy (non-hydrogen) atoms. The van der Waals surface area contributed by atoms with Crippen molar-refractivity contribution in [1.29, 1.82) is 0 Å². The number of pyridine rings is 1. The Bertz CT molecular complexity index is 1010. The molecule has 2 unspecified atom stereocenters. The molecule has 3 aromatic rings. The number of amides is 1. The number of nitrogens with one attached hydrogen (secondary N) is 1. The van der Waals surface area contributed by atoms with Gasteiger partial charge in [-0.15, -0.1) is 0 Å². The maximum absolute atomic E-state index is 12.2. The van der Waals surface area contributed by atoms with Gasteiger partial charge in [0.05, 0.1) is 5.69 Å². The van der Waals surface area contributed by atoms with Crippen LogP contribution in [0.1, 0.15) is 34.4 Å². The minimum atomic E-state index is -1.20. The molecule has 3 N–H and O–H groups in total. The van der Waals surface area contributed by atoms with E-state index in [1.54, 1.807) is 18.3 Å². The fourth-order valence-corrected chi connectivity index (χ4v) is 3.87. The van der Waals surface area contributed by atoms with Crippen LogP contribution in [0.2, 0.25) is 0 Å². The first-order valence-electron chi connectivity index (χ1n) is 9.92. The predicted octanol–water partition coefficient (Wildman–Crippen LogP) is 3.32. The first-order valence-corrected chi connectivity index (χ1v) is 9.92. The summed E-state index contributed by atoms with van der Waals surface area (Å²) >= 11 is 0. The van der Waals surface area contributed by atoms with Gasteiger partial charge in [0.1, 0.15) is 18.8 Å². The summed E-state index contributed by atoms with van der Waals surface area (Å²) in [6.45, 7) is 1.92. The number of fused-ring (bicyclic) bond motifs is 3. The van der Waals surface area contributed by atoms with E-state index >= 15 is 0 Å². The van der Waals surface area contributed by atoms with Crippen LogP contribution < -0.4 is 5.32 Å². The summed E-state index contributed by atoms with van der Waals surface area (Å²) < 4.78 is 5.44. The van der Waals surface area contributed by atoms with Crippen LogP contribution in [-0.4, -0.2) is 40.5 Å². The highest BCUT2D eigenvalue weighted by Crippen LogP contribution is 2.44. The summed E-state index contributed by atoms with van der Waals surface area (Å²) in [5.41, 5.74) is 5.87. The molecule has 6 nitrogen and oxygen atoms in total. The lowest BCUT2D eigenvalue weighted by Gasteiger charge is -2.19. The zero-order valence-electron chi connectivity index (χ0n) is 16.7. The van der Waals surface area contributed by atoms with Crippen LogP contribution in [0.25, 0.3) is 11.1 Å². The molecule has 1 heterocycles. The molecule has 0 saturated heterocycles. The van der Waals surface area contributed by atoms with E-state index in [0.717, 1.165) is 27.8 Å². The van der Waals surface area contributed by atoms with Crippen molar-refractivity contribution in [2.24, 2.45) is 0 Å². The Kier molecular flexibility index (Phi) is 5.79. The lowest BCUT2D eigenvalue weighted by Crippen LogP contribution is -2.36. The average Bonchev–Trinajstić information content (AvgIpc) is 3.09. The molecule has 0 radical (unpaired) electrons. The molecule has 154 valence electrons. The minimum absolute atomic E-state index is 0.0323. The Morgan fingerprint density at radius 2 is 1.70 bits per heavy atom. The molecule has 1 aromatic heterocycles. The van der Waals surface area contributed by atoms with Crippen LogP contribution in [0.3, 0.4) is 0 Å². The Morgan fingerprint density at radius 3 is 2.33 bits per heavy atom. The van der Waals surface area contributed by atoms with Crippen molar-refractivity contribution in [3.63, 3.8) is 0 Å². The number of carbonyl (C=O) groups excluding carboxylic acids is 1. The van der Waals surface area contributed by atoms with Crippen molar-refractivity contribution in [3.05, 3.63) is 89.2 Å². The number of carbonyl (C=O) groups is 1. The number of aliphatic hydroxyl groups excluding tert-OH is 2. The van der Waals surface area contributed by atoms with Gasteiger partial charge in [0.15, 0.2) is 0 Å². The quantitative estimate of drug-likeness (QED) is 0.586. The predicted molar refractivity (Wildman–Crippen MR) is 113 cm³/mol. The van der Waals surface area contributed by atoms with Gasteiger partial charge >= 0.3 is 6.09 Å². The summed E-state index contributed by atoms with van der Waals surface area (Å²) in [5, 5.41) is 23.0. The van der Waals surface area contributed by atoms with Crippen molar-refractivity contribution in [2.75, 3.05) is 13.2 Å². The summed E-state index contributed by atoms with van der Waals surface area (Å²) in [4.78, 5) is 16.3. The number of aryl methyl sites for hydroxylation is 1. The molecule has 2 atom stereocenters. The molecular weight excluding hydrogens is 380 g/mol. The summed E-state index contributed by atoms with van der Waals surface area (Å²) in [7, 11) is 0. The maximum atomic E-state index is 12.2. The van der Waals surface area contributed by atoms with Crippen LogP contribution in [0.5, 0.6) is 0 Å². The Balaban J connectivity index is 1.34. The first-order chi connectivity index (χ1) is 14.5. The molecule has 0 bridgehead atoms. The van der Waals surface area contributed by atoms with E-state index < -0.39 is 18.3 Å². The molecule has 1 aliphatic rings. The largest absolute Gasteiger partial charge is 0.449 e. The number of aromatic nitrogens is 1. The third-order valence-corrected chi connectivity index (χ3v) is 5.40. The van der Waals surface area contributed by atoms with E-state index in [4.69, 9.17) is 4.74 Å². The van der Waals surface area contributed by atoms with Crippen molar-refractivity contribution in [2.45, 2.75) is 25.0 Å². The lowest BCUT2D eigenvalue weighted by molar-refractivity contribution is 0.0160. The van der Waals surface area contributed by atoms with Gasteiger partial charge in [-0.2, -0.15) is 0 Å². The topological polar surface area (TPSA) is 91.7 Å². The third kappa shape index (κ3) is 4.06. The first kappa shape index (κ1) is 20.1. The fourth-order valence-electron chi connectivity index (χ4n) is 3.87. The highest BCUT2D eigenvalue weighted by molar-refractivity contribution is 5.79. The monoisotopic (exact) mass is 404 g/mol. The molecule has 1 amide bonds. The second-order valence-corrected chi connectivity index (χ2v) is 7.48. The summed E-state index contributed by atoms with van der Waals surface area (Å²) in [6, 6.07) is 19.7. The van der Waals surface area contributed by atoms with Gasteiger partial charge in [0.25, 0.3) is 0 Å². The highest BCUT2D eigenvalue weighted by Gasteiger charge is 2.29. The smallest absolute Gasteiger partial charge is 0.407 e. The van der Waals surface area contributed by atoms with Crippen molar-refractivity contribution < 1.29 is 19.7 Å². The number of rotatable bonds is 6. The van der Waals surface area contributed by atoms with E-state index in [9.17, 15) is 15.0 Å². The standard InChI is InChI=1S/C24H24N2O4/c1-15-10-11-25-21(12-15)23(28)22(27)13-26-24(29)30-14-20-18-8-4-2-6-16(18)17-7-3-5-9-19(17)20/h2-12,20,22-23,27-28H,13-14H2,1H3,(H,26,29). The lowest BCUT2D eigenvalue weighted by atomic mass is 9.98. The van der Waals surface area contributed by atoms with Crippen molar-refractivity contribution >= 4 is 6.09 Å². The summed E-state index contributed by atoms with van der Waals surface area (Å²) in [5.74, 6) is -0.0323. The Hall–Kier alpha value is -3.22. The number of hydrogen-bond donors (Lipinski definition) is 3. The van der Waals surface area contributed by atoms with Crippen LogP contribution in [0.15, 0.2) is 66.9 Å². The molecule has 0 aliphatic heterocycles. The van der Waals surface area contributed by atoms with E-state index in [1.807, 2.05) is 31.2 Å². The zero-order valence-corrected chi connectivity index (χ0v) is 16.7. The van der Waals surface area contributed by atoms with Crippen molar-refractivity contribution in [1.82, 2.24) is 10.3 Å². The van der Waals surface area contributed by atoms with Crippen LogP contribution in [0.4, 0.5) is 4.79 Å². The molecule has 0 spiro atoms. The third-order valence-electron chi connectivity index (χ3n) is 5.40. The molecule has 6 heteroatoms. The minimum Gasteiger partial charge on any atom is -0.449 e. The SMILES string of the molecule is Cc1ccnc(C(O)C(O)CNC(=O)OCC2c3ccccc3-c3ccccc32)c1. The van der Waals surface area contributed by atoms with Gasteiger partial charge in [0, 0.05) is 18.7 Å². The van der Waals surface area contributed by atoms with E-state index in [-0.39, 0.29) is 19.1 Å². The molecule has 4 rings (SSSR count). The van der Waals surface area contributed by atoms with Gasteiger partial charge in [0.2, 0.25) is 0 Å². The average molecular weight is 404 g/mol. The van der Waals surface area contributed by atoms with Crippen LogP contribution in [-0.2, 0) is 4.74 Å². The molecule has 0 fully saturated rings. The zero-order chi connectivity index (χ0) is 21.1. The van der Waals surface area contributed by atoms with E-state index in [0.29, 0.717) is 5.69 Å². The second kappa shape index (κ2) is 8.65. The molecule has 1 aliphatic carbocycles. The number of hydrogen-bond acceptors (Lipinski definition) is 5. The highest BCUT2D eigenvalue weighted by atomic mass is 16.5. The van der Waals surface area contributed by atoms with E-state index in [2.05, 4.69) is 34.6 Å². The number of ether oxygens (including phenoxy) is 1. The summed E-state index contributed by atoms with van der Waals surface area (Å²) in [6.07, 6.45) is -1.46.